The lowest BCUT2D eigenvalue weighted by atomic mass is 10.1. The monoisotopic (exact) mass is 2270 g/mol. The molecule has 7 aromatic carbocycles. The zero-order valence-corrected chi connectivity index (χ0v) is 88.6. The van der Waals surface area contributed by atoms with Gasteiger partial charge in [-0.1, -0.05) is 255 Å². The second kappa shape index (κ2) is 55.0. The highest BCUT2D eigenvalue weighted by atomic mass is 79.9. The predicted molar refractivity (Wildman–Crippen MR) is 581 cm³/mol. The number of nitrogens with zero attached hydrogens (tertiary/aromatic N) is 13. The van der Waals surface area contributed by atoms with Gasteiger partial charge >= 0.3 is 30.3 Å². The van der Waals surface area contributed by atoms with Crippen LogP contribution in [0.2, 0.25) is 0 Å². The number of pyridine rings is 3. The van der Waals surface area contributed by atoms with E-state index in [1.54, 1.807) is 26.2 Å². The molecule has 0 spiro atoms. The number of ether oxygens (including phenoxy) is 6. The number of nitrogens with two attached hydrogens (primary N) is 3. The van der Waals surface area contributed by atoms with E-state index in [0.29, 0.717) is 115 Å². The number of fused-ring (bicyclic) bond motifs is 6. The molecular formula is C104H109Br5N22O13. The largest absolute Gasteiger partial charge is 0.469 e. The van der Waals surface area contributed by atoms with Crippen molar-refractivity contribution in [1.29, 1.82) is 0 Å². The number of nitrogen functional groups attached to an aromatic ring is 3. The van der Waals surface area contributed by atoms with Gasteiger partial charge in [0.15, 0.2) is 11.6 Å². The zero-order chi connectivity index (χ0) is 103. The average molecular weight is 2270 g/mol. The standard InChI is InChI=1S/C20H26N4O2.C17H20N4O2.C16H14BrN3O3.C16H18BrN3O3.C13H12BrN3O3.C11H10BrN3.C11H9BrN2/c1-4-5-8-11-26-20(25)23-19-17-18(24(13-21-17)12-14(2)3)15-9-6-7-10-16(15)22-19;1-4-23-17(22)20-16-14-15(21(10-18-14)9-11(2)3)12-7-5-6-8-13(12)19-16;1-9-7-12(21)23-11(9)8-22-15-13(17)14(19-16(18)20-15)10-5-3-2-4-6-10;1-2-3-7-10-23-16(22)20-15-18-13(12(17)14(21)19-15)11-8-5-4-6-9-11;1-2-20-13(19)17-12-15-10(9(14)11(18)16-12)8-6-4-3-5-7-8;1-7-9(12)10(15-11(13)14-7)8-5-3-2-4-6-8;12-9-6-7-10(13)14-11(9)8-4-2-1-3-5-8/h6-7,9-10,13-14H,4-5,8,11-12H2,1-3H3,(H,22,23,25);5-8,10-11H,4,9H2,1-3H3,(H,19,20,22);2-6H,7-8H2,1H3,(H2,18,19,20);4-6,8-9H,2-3,7,10H2,1H3,(H2,18,19,20,21,22);3-7H,2H2,1H3,(H2,15,16,17,18,19);2-6H,1H3,(H2,13,14,15);1-7H,(H2,13,14). The summed E-state index contributed by atoms with van der Waals surface area (Å²) in [4.78, 5) is 135. The maximum Gasteiger partial charge on any atom is 0.413 e. The van der Waals surface area contributed by atoms with E-state index >= 15 is 0 Å². The second-order valence-corrected chi connectivity index (χ2v) is 36.7. The number of aryl methyl sites for hydroxylation is 1. The number of unbranched alkanes of at least 4 members (excludes halogenated alkanes) is 4. The number of aromatic amines is 2. The molecule has 16 aromatic rings. The Morgan fingerprint density at radius 2 is 0.799 bits per heavy atom. The summed E-state index contributed by atoms with van der Waals surface area (Å²) in [6.45, 7) is 23.1. The Balaban J connectivity index is 0.000000161. The lowest BCUT2D eigenvalue weighted by Crippen LogP contribution is -2.20. The number of carbonyl (C=O) groups is 5. The van der Waals surface area contributed by atoms with Crippen LogP contribution in [0.15, 0.2) is 268 Å². The molecule has 40 heteroatoms. The van der Waals surface area contributed by atoms with Gasteiger partial charge in [0.2, 0.25) is 29.7 Å². The highest BCUT2D eigenvalue weighted by Gasteiger charge is 2.25. The summed E-state index contributed by atoms with van der Waals surface area (Å²) in [5.74, 6) is 3.43. The molecule has 4 amide bonds. The number of amides is 4. The van der Waals surface area contributed by atoms with Crippen LogP contribution in [0.25, 0.3) is 100 Å². The van der Waals surface area contributed by atoms with E-state index in [-0.39, 0.29) is 48.1 Å². The molecule has 0 radical (unpaired) electrons. The first kappa shape index (κ1) is 110. The Labute approximate surface area is 872 Å². The van der Waals surface area contributed by atoms with Crippen LogP contribution < -0.4 is 54.3 Å². The molecule has 1 aliphatic rings. The third-order valence-electron chi connectivity index (χ3n) is 20.6. The third kappa shape index (κ3) is 31.6. The number of esters is 1. The van der Waals surface area contributed by atoms with Crippen LogP contribution in [-0.4, -0.2) is 137 Å². The van der Waals surface area contributed by atoms with Crippen molar-refractivity contribution in [2.75, 3.05) is 71.5 Å². The highest BCUT2D eigenvalue weighted by molar-refractivity contribution is 9.11. The number of H-pyrrole nitrogens is 2. The number of cyclic esters (lactones) is 1. The number of rotatable bonds is 26. The molecule has 0 bridgehead atoms. The molecule has 144 heavy (non-hydrogen) atoms. The van der Waals surface area contributed by atoms with Gasteiger partial charge < -0.3 is 54.8 Å². The Bertz CT molecular complexity index is 7240. The van der Waals surface area contributed by atoms with Gasteiger partial charge in [0, 0.05) is 56.2 Å². The number of halogens is 5. The van der Waals surface area contributed by atoms with Crippen LogP contribution in [-0.2, 0) is 41.6 Å². The van der Waals surface area contributed by atoms with Crippen LogP contribution in [0, 0.1) is 18.8 Å². The number of anilines is 7. The van der Waals surface area contributed by atoms with E-state index < -0.39 is 24.4 Å². The number of imidazole rings is 2. The van der Waals surface area contributed by atoms with Gasteiger partial charge in [-0.05, 0) is 162 Å². The summed E-state index contributed by atoms with van der Waals surface area (Å²) < 4.78 is 38.1. The first-order valence-electron chi connectivity index (χ1n) is 46.1. The molecule has 0 unspecified atom stereocenters. The van der Waals surface area contributed by atoms with Crippen LogP contribution in [0.5, 0.6) is 5.88 Å². The SMILES string of the molecule is CC1=C(COc2nc(N)nc(-c3ccccc3)c2Br)OC(=O)C1.CCCCCOC(=O)Nc1nc(-c2ccccc2)c(Br)c(=O)[nH]1.CCCCCOC(=O)Nc1nc2ccccc2c2c1ncn2CC(C)C.CCOC(=O)Nc1nc(-c2ccccc2)c(Br)c(=O)[nH]1.CCOC(=O)Nc1nc2ccccc2c2c1ncn2CC(C)C.Cc1nc(N)nc(-c2ccccc2)c1Br.Nc1ccc(Br)c(-c2ccccc2)n1. The van der Waals surface area contributed by atoms with Crippen LogP contribution in [0.3, 0.4) is 0 Å². The molecular weight excluding hydrogens is 2160 g/mol. The number of carbonyl (C=O) groups excluding carboxylic acids is 5. The first-order valence-corrected chi connectivity index (χ1v) is 50.0. The summed E-state index contributed by atoms with van der Waals surface area (Å²) in [5, 5.41) is 12.3. The Morgan fingerprint density at radius 3 is 1.20 bits per heavy atom. The minimum Gasteiger partial charge on any atom is -0.469 e. The van der Waals surface area contributed by atoms with E-state index in [1.807, 2.05) is 226 Å². The van der Waals surface area contributed by atoms with Gasteiger partial charge in [0.1, 0.15) is 42.6 Å². The number of benzene rings is 7. The van der Waals surface area contributed by atoms with E-state index in [0.717, 1.165) is 144 Å². The highest BCUT2D eigenvalue weighted by Crippen LogP contribution is 2.38. The minimum atomic E-state index is -0.669. The molecule has 1 aliphatic heterocycles. The summed E-state index contributed by atoms with van der Waals surface area (Å²) in [6.07, 6.45) is 7.47. The van der Waals surface area contributed by atoms with E-state index in [2.05, 4.69) is 216 Å². The number of hydrogen-bond acceptors (Lipinski definition) is 27. The maximum absolute atomic E-state index is 12.1. The van der Waals surface area contributed by atoms with Crippen molar-refractivity contribution in [3.05, 3.63) is 285 Å². The Kier molecular flexibility index (Phi) is 41.9. The Hall–Kier alpha value is -14.7. The molecule has 0 atom stereocenters. The molecule has 0 saturated heterocycles. The van der Waals surface area contributed by atoms with Gasteiger partial charge in [0.05, 0.1) is 106 Å². The normalized spacial score (nSPS) is 11.2. The average Bonchev–Trinajstić information content (AvgIpc) is 1.59. The van der Waals surface area contributed by atoms with Crippen molar-refractivity contribution >= 4 is 195 Å². The van der Waals surface area contributed by atoms with E-state index in [9.17, 15) is 33.6 Å². The fraction of sp³-hybridized carbons (Fsp3) is 0.250. The van der Waals surface area contributed by atoms with E-state index in [4.69, 9.17) is 45.6 Å². The molecule has 9 aromatic heterocycles. The van der Waals surface area contributed by atoms with Crippen LogP contribution in [0.1, 0.15) is 113 Å². The van der Waals surface area contributed by atoms with Crippen LogP contribution in [0.4, 0.5) is 60.4 Å². The lowest BCUT2D eigenvalue weighted by molar-refractivity contribution is -0.137. The predicted octanol–water partition coefficient (Wildman–Crippen LogP) is 24.5. The van der Waals surface area contributed by atoms with Crippen molar-refractivity contribution in [2.24, 2.45) is 11.8 Å². The molecule has 17 rings (SSSR count). The van der Waals surface area contributed by atoms with Crippen LogP contribution >= 0.6 is 79.6 Å². The number of nitrogens with one attached hydrogen (secondary N) is 6. The number of aromatic nitrogens is 15. The summed E-state index contributed by atoms with van der Waals surface area (Å²) in [7, 11) is 0. The van der Waals surface area contributed by atoms with Crippen molar-refractivity contribution in [2.45, 2.75) is 127 Å². The number of para-hydroxylation sites is 2. The molecule has 35 nitrogen and oxygen atoms in total. The Morgan fingerprint density at radius 1 is 0.424 bits per heavy atom. The number of hydrogen-bond donors (Lipinski definition) is 9. The quantitative estimate of drug-likeness (QED) is 0.0138. The minimum absolute atomic E-state index is 0.0375. The summed E-state index contributed by atoms with van der Waals surface area (Å²) >= 11 is 16.8. The zero-order valence-electron chi connectivity index (χ0n) is 80.7. The van der Waals surface area contributed by atoms with Crippen molar-refractivity contribution < 1.29 is 52.4 Å². The molecule has 0 aliphatic carbocycles. The smallest absolute Gasteiger partial charge is 0.413 e. The van der Waals surface area contributed by atoms with Gasteiger partial charge in [-0.3, -0.25) is 45.6 Å². The van der Waals surface area contributed by atoms with Gasteiger partial charge in [-0.2, -0.15) is 4.98 Å². The van der Waals surface area contributed by atoms with Gasteiger partial charge in [-0.15, -0.1) is 0 Å². The van der Waals surface area contributed by atoms with Gasteiger partial charge in [0.25, 0.3) is 11.1 Å². The van der Waals surface area contributed by atoms with Crippen molar-refractivity contribution in [3.8, 4) is 62.2 Å². The third-order valence-corrected chi connectivity index (χ3v) is 24.4. The molecule has 0 fully saturated rings. The van der Waals surface area contributed by atoms with Gasteiger partial charge in [-0.25, -0.2) is 69.0 Å². The fourth-order valence-corrected chi connectivity index (χ4v) is 16.3. The first-order chi connectivity index (χ1) is 69.4. The summed E-state index contributed by atoms with van der Waals surface area (Å²) in [6, 6.07) is 67.3. The maximum atomic E-state index is 12.1. The lowest BCUT2D eigenvalue weighted by Gasteiger charge is -2.11. The second-order valence-electron chi connectivity index (χ2n) is 32.6. The molecule has 748 valence electrons. The van der Waals surface area contributed by atoms with Crippen molar-refractivity contribution in [1.82, 2.24) is 73.9 Å². The topological polar surface area (TPSA) is 484 Å². The van der Waals surface area contributed by atoms with Crippen molar-refractivity contribution in [3.63, 3.8) is 0 Å². The fourth-order valence-electron chi connectivity index (χ4n) is 14.1. The summed E-state index contributed by atoms with van der Waals surface area (Å²) in [5.41, 5.74) is 30.7. The molecule has 10 heterocycles. The molecule has 0 saturated carbocycles. The molecule has 12 N–H and O–H groups in total. The van der Waals surface area contributed by atoms with E-state index in [1.165, 1.54) is 0 Å².